The Morgan fingerprint density at radius 3 is 2.96 bits per heavy atom. The quantitative estimate of drug-likeness (QED) is 0.377. The van der Waals surface area contributed by atoms with Crippen LogP contribution < -0.4 is 0 Å². The van der Waals surface area contributed by atoms with Crippen molar-refractivity contribution >= 4 is 45.0 Å². The summed E-state index contributed by atoms with van der Waals surface area (Å²) in [7, 11) is 0. The zero-order chi connectivity index (χ0) is 18.2. The minimum atomic E-state index is 0.208. The molecule has 27 heavy (non-hydrogen) atoms. The molecule has 3 heterocycles. The second-order valence-electron chi connectivity index (χ2n) is 6.49. The van der Waals surface area contributed by atoms with Crippen molar-refractivity contribution in [1.82, 2.24) is 19.6 Å². The third kappa shape index (κ3) is 3.17. The van der Waals surface area contributed by atoms with E-state index in [0.717, 1.165) is 34.3 Å². The summed E-state index contributed by atoms with van der Waals surface area (Å²) in [6.07, 6.45) is 8.10. The number of aryl methyl sites for hydroxylation is 2. The van der Waals surface area contributed by atoms with E-state index < -0.39 is 0 Å². The molecule has 0 amide bonds. The summed E-state index contributed by atoms with van der Waals surface area (Å²) in [6, 6.07) is 7.37. The van der Waals surface area contributed by atoms with Crippen LogP contribution >= 0.6 is 22.9 Å². The minimum Gasteiger partial charge on any atom is -0.387 e. The van der Waals surface area contributed by atoms with Gasteiger partial charge in [-0.05, 0) is 48.9 Å². The molecule has 0 radical (unpaired) electrons. The van der Waals surface area contributed by atoms with Gasteiger partial charge in [-0.3, -0.25) is 0 Å². The molecule has 0 fully saturated rings. The number of halogens is 1. The molecule has 0 saturated carbocycles. The Bertz CT molecular complexity index is 1150. The zero-order valence-electron chi connectivity index (χ0n) is 14.4. The molecule has 0 bridgehead atoms. The molecule has 5 rings (SSSR count). The molecule has 3 aromatic heterocycles. The van der Waals surface area contributed by atoms with Crippen molar-refractivity contribution in [3.63, 3.8) is 0 Å². The first kappa shape index (κ1) is 16.6. The van der Waals surface area contributed by atoms with E-state index in [1.165, 1.54) is 23.3 Å². The molecular formula is C19H16ClN5OS. The summed E-state index contributed by atoms with van der Waals surface area (Å²) in [6.45, 7) is 0.208. The van der Waals surface area contributed by atoms with Gasteiger partial charge in [0.2, 0.25) is 0 Å². The topological polar surface area (TPSA) is 64.7 Å². The lowest BCUT2D eigenvalue weighted by Gasteiger charge is -2.09. The number of hydrogen-bond acceptors (Lipinski definition) is 6. The van der Waals surface area contributed by atoms with Crippen LogP contribution in [-0.4, -0.2) is 25.8 Å². The molecule has 4 aromatic rings. The highest BCUT2D eigenvalue weighted by Crippen LogP contribution is 2.36. The molecule has 0 N–H and O–H groups in total. The molecule has 6 nitrogen and oxygen atoms in total. The predicted octanol–water partition coefficient (Wildman–Crippen LogP) is 4.42. The first-order valence-corrected chi connectivity index (χ1v) is 10.0. The number of fused-ring (bicyclic) bond motifs is 5. The van der Waals surface area contributed by atoms with Crippen LogP contribution in [-0.2, 0) is 24.3 Å². The van der Waals surface area contributed by atoms with Crippen molar-refractivity contribution in [2.45, 2.75) is 32.3 Å². The summed E-state index contributed by atoms with van der Waals surface area (Å²) in [5, 5.41) is 10.3. The van der Waals surface area contributed by atoms with Gasteiger partial charge >= 0.3 is 0 Å². The largest absolute Gasteiger partial charge is 0.387 e. The molecule has 0 spiro atoms. The van der Waals surface area contributed by atoms with Crippen molar-refractivity contribution in [2.24, 2.45) is 5.16 Å². The van der Waals surface area contributed by atoms with Gasteiger partial charge in [-0.25, -0.2) is 14.5 Å². The monoisotopic (exact) mass is 397 g/mol. The molecule has 8 heteroatoms. The standard InChI is InChI=1S/C19H16ClN5OS/c20-13-7-5-12(6-8-13)9-22-26-10-16-23-18-17-14-3-1-2-4-15(14)27-19(17)21-11-25(18)24-16/h5-9,11H,1-4,10H2. The fourth-order valence-corrected chi connectivity index (χ4v) is 4.75. The van der Waals surface area contributed by atoms with Gasteiger partial charge in [0.25, 0.3) is 0 Å². The lowest BCUT2D eigenvalue weighted by molar-refractivity contribution is 0.126. The van der Waals surface area contributed by atoms with E-state index in [2.05, 4.69) is 20.2 Å². The zero-order valence-corrected chi connectivity index (χ0v) is 16.0. The van der Waals surface area contributed by atoms with E-state index in [4.69, 9.17) is 16.4 Å². The molecule has 0 atom stereocenters. The summed E-state index contributed by atoms with van der Waals surface area (Å²) < 4.78 is 1.74. The number of oxime groups is 1. The van der Waals surface area contributed by atoms with Crippen LogP contribution in [0.5, 0.6) is 0 Å². The Morgan fingerprint density at radius 2 is 2.07 bits per heavy atom. The molecule has 0 aliphatic heterocycles. The Morgan fingerprint density at radius 1 is 1.22 bits per heavy atom. The SMILES string of the molecule is Clc1ccc(C=NOCc2nc3c4c5c(sc4ncn3n2)CCCC5)cc1. The van der Waals surface area contributed by atoms with Gasteiger partial charge in [-0.15, -0.1) is 16.4 Å². The maximum absolute atomic E-state index is 5.87. The number of aromatic nitrogens is 4. The fraction of sp³-hybridized carbons (Fsp3) is 0.263. The summed E-state index contributed by atoms with van der Waals surface area (Å²) >= 11 is 7.66. The van der Waals surface area contributed by atoms with Crippen molar-refractivity contribution in [2.75, 3.05) is 0 Å². The maximum atomic E-state index is 5.87. The Labute approximate surface area is 164 Å². The van der Waals surface area contributed by atoms with Gasteiger partial charge in [0, 0.05) is 9.90 Å². The molecule has 1 aliphatic rings. The molecule has 0 unspecified atom stereocenters. The normalized spacial score (nSPS) is 14.3. The Hall–Kier alpha value is -2.51. The predicted molar refractivity (Wildman–Crippen MR) is 107 cm³/mol. The van der Waals surface area contributed by atoms with Crippen molar-refractivity contribution in [3.05, 3.63) is 57.4 Å². The smallest absolute Gasteiger partial charge is 0.192 e. The third-order valence-electron chi connectivity index (χ3n) is 4.68. The van der Waals surface area contributed by atoms with Crippen molar-refractivity contribution in [3.8, 4) is 0 Å². The van der Waals surface area contributed by atoms with Crippen LogP contribution in [0.2, 0.25) is 5.02 Å². The number of thiophene rings is 1. The summed E-state index contributed by atoms with van der Waals surface area (Å²) in [4.78, 5) is 17.1. The molecular weight excluding hydrogens is 382 g/mol. The van der Waals surface area contributed by atoms with E-state index in [-0.39, 0.29) is 6.61 Å². The molecule has 0 saturated heterocycles. The highest BCUT2D eigenvalue weighted by atomic mass is 35.5. The average Bonchev–Trinajstić information content (AvgIpc) is 3.27. The van der Waals surface area contributed by atoms with Crippen LogP contribution in [0, 0.1) is 0 Å². The molecule has 1 aromatic carbocycles. The summed E-state index contributed by atoms with van der Waals surface area (Å²) in [5.74, 6) is 0.591. The summed E-state index contributed by atoms with van der Waals surface area (Å²) in [5.41, 5.74) is 3.18. The van der Waals surface area contributed by atoms with E-state index in [1.54, 1.807) is 28.4 Å². The number of rotatable bonds is 4. The van der Waals surface area contributed by atoms with E-state index >= 15 is 0 Å². The number of benzene rings is 1. The third-order valence-corrected chi connectivity index (χ3v) is 6.13. The first-order valence-electron chi connectivity index (χ1n) is 8.83. The molecule has 1 aliphatic carbocycles. The number of nitrogens with zero attached hydrogens (tertiary/aromatic N) is 5. The van der Waals surface area contributed by atoms with Gasteiger partial charge in [-0.1, -0.05) is 28.9 Å². The van der Waals surface area contributed by atoms with Gasteiger partial charge in [0.1, 0.15) is 11.2 Å². The van der Waals surface area contributed by atoms with Gasteiger partial charge < -0.3 is 4.84 Å². The Balaban J connectivity index is 1.39. The molecule has 136 valence electrons. The Kier molecular flexibility index (Phi) is 4.26. The van der Waals surface area contributed by atoms with Crippen LogP contribution in [0.3, 0.4) is 0 Å². The maximum Gasteiger partial charge on any atom is 0.192 e. The van der Waals surface area contributed by atoms with Gasteiger partial charge in [0.15, 0.2) is 18.1 Å². The van der Waals surface area contributed by atoms with Crippen LogP contribution in [0.1, 0.15) is 34.7 Å². The fourth-order valence-electron chi connectivity index (χ4n) is 3.40. The van der Waals surface area contributed by atoms with Crippen LogP contribution in [0.15, 0.2) is 35.7 Å². The number of hydrogen-bond donors (Lipinski definition) is 0. The van der Waals surface area contributed by atoms with Crippen LogP contribution in [0.25, 0.3) is 15.9 Å². The van der Waals surface area contributed by atoms with Crippen molar-refractivity contribution in [1.29, 1.82) is 0 Å². The van der Waals surface area contributed by atoms with Crippen LogP contribution in [0.4, 0.5) is 0 Å². The highest BCUT2D eigenvalue weighted by molar-refractivity contribution is 7.19. The van der Waals surface area contributed by atoms with E-state index in [1.807, 2.05) is 24.3 Å². The lowest BCUT2D eigenvalue weighted by Crippen LogP contribution is -1.99. The van der Waals surface area contributed by atoms with Gasteiger partial charge in [0.05, 0.1) is 11.6 Å². The van der Waals surface area contributed by atoms with E-state index in [9.17, 15) is 0 Å². The second-order valence-corrected chi connectivity index (χ2v) is 8.01. The minimum absolute atomic E-state index is 0.208. The second kappa shape index (κ2) is 6.90. The van der Waals surface area contributed by atoms with Gasteiger partial charge in [-0.2, -0.15) is 0 Å². The lowest BCUT2D eigenvalue weighted by atomic mass is 9.97. The first-order chi connectivity index (χ1) is 13.3. The average molecular weight is 398 g/mol. The van der Waals surface area contributed by atoms with E-state index in [0.29, 0.717) is 10.8 Å². The van der Waals surface area contributed by atoms with Crippen molar-refractivity contribution < 1.29 is 4.84 Å². The highest BCUT2D eigenvalue weighted by Gasteiger charge is 2.20.